The molecule has 25 heavy (non-hydrogen) atoms. The van der Waals surface area contributed by atoms with Gasteiger partial charge in [0.15, 0.2) is 0 Å². The molecule has 0 saturated carbocycles. The van der Waals surface area contributed by atoms with E-state index in [1.54, 1.807) is 23.5 Å². The lowest BCUT2D eigenvalue weighted by atomic mass is 10.1. The number of amides is 1. The highest BCUT2D eigenvalue weighted by atomic mass is 35.5. The minimum absolute atomic E-state index is 0.231. The molecule has 0 unspecified atom stereocenters. The summed E-state index contributed by atoms with van der Waals surface area (Å²) in [6.07, 6.45) is -0.231. The van der Waals surface area contributed by atoms with Crippen LogP contribution in [0.5, 0.6) is 5.75 Å². The van der Waals surface area contributed by atoms with E-state index >= 15 is 0 Å². The lowest BCUT2D eigenvalue weighted by Gasteiger charge is -2.17. The maximum absolute atomic E-state index is 12.2. The van der Waals surface area contributed by atoms with Crippen molar-refractivity contribution >= 4 is 29.2 Å². The van der Waals surface area contributed by atoms with Crippen LogP contribution < -0.4 is 20.5 Å². The van der Waals surface area contributed by atoms with E-state index in [2.05, 4.69) is 5.32 Å². The Morgan fingerprint density at radius 3 is 2.60 bits per heavy atom. The normalized spacial score (nSPS) is 11.6. The molecule has 0 aliphatic heterocycles. The van der Waals surface area contributed by atoms with Crippen LogP contribution in [0.4, 0.5) is 5.69 Å². The summed E-state index contributed by atoms with van der Waals surface area (Å²) in [5, 5.41) is 15.9. The summed E-state index contributed by atoms with van der Waals surface area (Å²) in [6.45, 7) is 0.438. The predicted molar refractivity (Wildman–Crippen MR) is 92.1 cm³/mol. The van der Waals surface area contributed by atoms with Crippen LogP contribution in [0.1, 0.15) is 12.0 Å². The number of halogens is 1. The summed E-state index contributed by atoms with van der Waals surface area (Å²) >= 11 is 5.91. The van der Waals surface area contributed by atoms with Gasteiger partial charge in [-0.2, -0.15) is 0 Å². The Morgan fingerprint density at radius 2 is 1.96 bits per heavy atom. The zero-order valence-corrected chi connectivity index (χ0v) is 14.5. The Morgan fingerprint density at radius 1 is 1.24 bits per heavy atom. The van der Waals surface area contributed by atoms with Gasteiger partial charge in [0.1, 0.15) is 18.3 Å². The van der Waals surface area contributed by atoms with Crippen molar-refractivity contribution < 1.29 is 24.7 Å². The van der Waals surface area contributed by atoms with Gasteiger partial charge in [0.25, 0.3) is 0 Å². The van der Waals surface area contributed by atoms with Gasteiger partial charge < -0.3 is 25.3 Å². The summed E-state index contributed by atoms with van der Waals surface area (Å²) in [6, 6.07) is 13.2. The highest BCUT2D eigenvalue weighted by Gasteiger charge is 2.19. The molecule has 6 nitrogen and oxygen atoms in total. The van der Waals surface area contributed by atoms with Crippen molar-refractivity contribution in [3.63, 3.8) is 0 Å². The van der Waals surface area contributed by atoms with E-state index in [0.29, 0.717) is 23.0 Å². The van der Waals surface area contributed by atoms with Gasteiger partial charge in [-0.1, -0.05) is 41.9 Å². The van der Waals surface area contributed by atoms with Crippen molar-refractivity contribution in [2.24, 2.45) is 0 Å². The summed E-state index contributed by atoms with van der Waals surface area (Å²) < 4.78 is 5.15. The topological polar surface area (TPSA) is 95.1 Å². The first-order chi connectivity index (χ1) is 12.0. The molecule has 2 rings (SSSR count). The number of carbonyl (C=O) groups excluding carboxylic acids is 2. The molecule has 2 aromatic carbocycles. The number of benzene rings is 2. The third kappa shape index (κ3) is 5.77. The highest BCUT2D eigenvalue weighted by molar-refractivity contribution is 6.31. The third-order valence-corrected chi connectivity index (χ3v) is 3.86. The molecule has 132 valence electrons. The van der Waals surface area contributed by atoms with Gasteiger partial charge in [0, 0.05) is 10.6 Å². The number of methoxy groups -OCH3 is 1. The number of rotatable bonds is 8. The first-order valence-corrected chi connectivity index (χ1v) is 8.09. The van der Waals surface area contributed by atoms with E-state index in [4.69, 9.17) is 16.3 Å². The van der Waals surface area contributed by atoms with Gasteiger partial charge in [-0.3, -0.25) is 4.79 Å². The summed E-state index contributed by atoms with van der Waals surface area (Å²) in [4.78, 5) is 23.5. The molecule has 1 atom stereocenters. The van der Waals surface area contributed by atoms with Crippen molar-refractivity contribution in [2.45, 2.75) is 19.0 Å². The Labute approximate surface area is 150 Å². The van der Waals surface area contributed by atoms with Gasteiger partial charge in [0.05, 0.1) is 25.2 Å². The molecule has 0 saturated heterocycles. The second-order valence-electron chi connectivity index (χ2n) is 5.45. The van der Waals surface area contributed by atoms with Crippen LogP contribution in [0.15, 0.2) is 48.5 Å². The monoisotopic (exact) mass is 362 g/mol. The van der Waals surface area contributed by atoms with Crippen LogP contribution in [0.25, 0.3) is 0 Å². The van der Waals surface area contributed by atoms with E-state index in [0.717, 1.165) is 5.56 Å². The minimum Gasteiger partial charge on any atom is -0.544 e. The zero-order chi connectivity index (χ0) is 18.2. The van der Waals surface area contributed by atoms with Gasteiger partial charge in [-0.05, 0) is 18.2 Å². The third-order valence-electron chi connectivity index (χ3n) is 3.62. The molecule has 2 aromatic rings. The van der Waals surface area contributed by atoms with E-state index in [1.807, 2.05) is 30.3 Å². The van der Waals surface area contributed by atoms with Crippen LogP contribution in [-0.2, 0) is 16.1 Å². The number of carboxylic acid groups (broad SMARTS) is 1. The van der Waals surface area contributed by atoms with E-state index < -0.39 is 17.9 Å². The molecule has 0 radical (unpaired) electrons. The van der Waals surface area contributed by atoms with Crippen LogP contribution in [0, 0.1) is 0 Å². The Balaban J connectivity index is 1.98. The molecule has 7 heteroatoms. The number of ether oxygens (including phenoxy) is 1. The first-order valence-electron chi connectivity index (χ1n) is 7.71. The fourth-order valence-electron chi connectivity index (χ4n) is 2.33. The Hall–Kier alpha value is -2.57. The van der Waals surface area contributed by atoms with Crippen molar-refractivity contribution in [3.8, 4) is 5.75 Å². The number of hydrogen-bond acceptors (Lipinski definition) is 4. The van der Waals surface area contributed by atoms with Crippen molar-refractivity contribution in [1.29, 1.82) is 0 Å². The second kappa shape index (κ2) is 9.05. The average Bonchev–Trinajstić information content (AvgIpc) is 2.59. The smallest absolute Gasteiger partial charge is 0.230 e. The van der Waals surface area contributed by atoms with Crippen LogP contribution in [-0.4, -0.2) is 25.0 Å². The predicted octanol–water partition coefficient (Wildman–Crippen LogP) is 0.559. The van der Waals surface area contributed by atoms with Crippen molar-refractivity contribution in [1.82, 2.24) is 0 Å². The maximum Gasteiger partial charge on any atom is 0.230 e. The van der Waals surface area contributed by atoms with Crippen LogP contribution in [0.3, 0.4) is 0 Å². The largest absolute Gasteiger partial charge is 0.544 e. The average molecular weight is 363 g/mol. The fourth-order valence-corrected chi connectivity index (χ4v) is 2.51. The van der Waals surface area contributed by atoms with E-state index in [-0.39, 0.29) is 6.42 Å². The Bertz CT molecular complexity index is 737. The van der Waals surface area contributed by atoms with Gasteiger partial charge >= 0.3 is 0 Å². The number of carbonyl (C=O) groups is 2. The Kier molecular flexibility index (Phi) is 6.80. The number of hydrogen-bond donors (Lipinski definition) is 2. The fraction of sp³-hybridized carbons (Fsp3) is 0.222. The van der Waals surface area contributed by atoms with Crippen LogP contribution >= 0.6 is 11.6 Å². The highest BCUT2D eigenvalue weighted by Crippen LogP contribution is 2.27. The van der Waals surface area contributed by atoms with Gasteiger partial charge in [-0.15, -0.1) is 0 Å². The number of aliphatic carboxylic acids is 1. The van der Waals surface area contributed by atoms with Gasteiger partial charge in [0.2, 0.25) is 5.91 Å². The standard InChI is InChI=1S/C18H19ClN2O4/c1-25-16-8-7-13(19)9-14(16)21-17(22)10-15(18(23)24)20-11-12-5-3-2-4-6-12/h2-9,15,20H,10-11H2,1H3,(H,21,22)(H,23,24)/t15-/m1/s1. The minimum atomic E-state index is -1.29. The maximum atomic E-state index is 12.2. The molecule has 1 amide bonds. The molecule has 0 fully saturated rings. The summed E-state index contributed by atoms with van der Waals surface area (Å²) in [5.41, 5.74) is 1.35. The van der Waals surface area contributed by atoms with Gasteiger partial charge in [-0.25, -0.2) is 0 Å². The van der Waals surface area contributed by atoms with Crippen molar-refractivity contribution in [3.05, 3.63) is 59.1 Å². The number of nitrogens with two attached hydrogens (primary N) is 1. The molecular weight excluding hydrogens is 344 g/mol. The second-order valence-corrected chi connectivity index (χ2v) is 5.88. The SMILES string of the molecule is COc1ccc(Cl)cc1NC(=O)C[C@@H]([NH2+]Cc1ccccc1)C(=O)[O-]. The molecule has 0 heterocycles. The lowest BCUT2D eigenvalue weighted by Crippen LogP contribution is -2.92. The lowest BCUT2D eigenvalue weighted by molar-refractivity contribution is -0.697. The molecule has 0 aromatic heterocycles. The number of carboxylic acids is 1. The summed E-state index contributed by atoms with van der Waals surface area (Å²) in [5.74, 6) is -1.31. The molecule has 0 aliphatic carbocycles. The summed E-state index contributed by atoms with van der Waals surface area (Å²) in [7, 11) is 1.47. The molecule has 3 N–H and O–H groups in total. The number of anilines is 1. The van der Waals surface area contributed by atoms with E-state index in [9.17, 15) is 14.7 Å². The molecule has 0 bridgehead atoms. The number of quaternary nitrogens is 1. The first kappa shape index (κ1) is 18.8. The molecular formula is C18H19ClN2O4. The molecule has 0 spiro atoms. The van der Waals surface area contributed by atoms with Crippen LogP contribution in [0.2, 0.25) is 5.02 Å². The quantitative estimate of drug-likeness (QED) is 0.717. The number of nitrogens with one attached hydrogen (secondary N) is 1. The van der Waals surface area contributed by atoms with E-state index in [1.165, 1.54) is 7.11 Å². The van der Waals surface area contributed by atoms with Crippen molar-refractivity contribution in [2.75, 3.05) is 12.4 Å². The molecule has 0 aliphatic rings. The zero-order valence-electron chi connectivity index (χ0n) is 13.7.